The van der Waals surface area contributed by atoms with Crippen molar-refractivity contribution in [1.29, 1.82) is 0 Å². The fraction of sp³-hybridized carbons (Fsp3) is 0.500. The Morgan fingerprint density at radius 2 is 1.88 bits per heavy atom. The second-order valence-corrected chi connectivity index (χ2v) is 14.4. The number of hydrogen-bond donors (Lipinski definition) is 2. The number of benzene rings is 1. The van der Waals surface area contributed by atoms with Crippen LogP contribution in [0.4, 0.5) is 20.8 Å². The number of anilines is 2. The molecular formula is C38H47FN8O4. The van der Waals surface area contributed by atoms with Crippen LogP contribution in [-0.4, -0.2) is 89.4 Å². The van der Waals surface area contributed by atoms with Gasteiger partial charge >= 0.3 is 6.09 Å². The molecule has 0 saturated carbocycles. The number of aryl methyl sites for hydroxylation is 1. The van der Waals surface area contributed by atoms with E-state index in [4.69, 9.17) is 14.5 Å². The van der Waals surface area contributed by atoms with Crippen LogP contribution >= 0.6 is 0 Å². The van der Waals surface area contributed by atoms with Crippen molar-refractivity contribution >= 4 is 34.7 Å². The summed E-state index contributed by atoms with van der Waals surface area (Å²) >= 11 is 0. The number of alkyl carbamates (subject to hydrolysis) is 1. The lowest BCUT2D eigenvalue weighted by molar-refractivity contribution is 0.0635. The van der Waals surface area contributed by atoms with Gasteiger partial charge in [-0.1, -0.05) is 6.92 Å². The number of halogens is 1. The Kier molecular flexibility index (Phi) is 10.1. The van der Waals surface area contributed by atoms with Crippen LogP contribution in [-0.2, 0) is 11.3 Å². The number of carbonyl (C=O) groups excluding carboxylic acids is 2. The zero-order valence-corrected chi connectivity index (χ0v) is 29.7. The van der Waals surface area contributed by atoms with E-state index < -0.39 is 5.95 Å². The molecule has 1 aromatic carbocycles. The topological polar surface area (TPSA) is 127 Å². The lowest BCUT2D eigenvalue weighted by Gasteiger charge is -2.47. The third-order valence-electron chi connectivity index (χ3n) is 10.8. The SMILES string of the molecule is CNC(=O)OCCN1CCC2(CC1)CCN(c1ccc3nc4n(c3c1)C[C@H](C)CCCOc1cc(F)ncc1-c1cc(cc(C)n1)C(=O)N4)CC2. The number of ether oxygens (including phenoxy) is 2. The molecule has 3 aromatic heterocycles. The summed E-state index contributed by atoms with van der Waals surface area (Å²) in [5.41, 5.74) is 5.44. The van der Waals surface area contributed by atoms with Gasteiger partial charge in [-0.05, 0) is 100 Å². The minimum Gasteiger partial charge on any atom is -0.493 e. The molecule has 2 fully saturated rings. The summed E-state index contributed by atoms with van der Waals surface area (Å²) in [7, 11) is 1.58. The van der Waals surface area contributed by atoms with E-state index in [-0.39, 0.29) is 17.9 Å². The minimum absolute atomic E-state index is 0.255. The van der Waals surface area contributed by atoms with E-state index in [1.165, 1.54) is 18.0 Å². The van der Waals surface area contributed by atoms with Gasteiger partial charge in [-0.25, -0.2) is 14.8 Å². The van der Waals surface area contributed by atoms with E-state index in [1.54, 1.807) is 19.2 Å². The standard InChI is InChI=1S/C38H47FN8O4/c1-25-5-4-17-50-33-22-34(39)41-23-29(33)31-20-27(19-26(2)42-31)35(48)44-36-43-30-7-6-28(21-32(30)47(36)24-25)46-14-10-38(11-15-46)8-12-45(13-9-38)16-18-51-37(49)40-3/h6-7,19-23,25H,4-5,8-18,24H2,1-3H3,(H,40,49)(H,43,44,48)/t25-/m1/s1. The third-order valence-corrected chi connectivity index (χ3v) is 10.8. The fourth-order valence-electron chi connectivity index (χ4n) is 7.77. The van der Waals surface area contributed by atoms with Gasteiger partial charge in [0.15, 0.2) is 0 Å². The predicted molar refractivity (Wildman–Crippen MR) is 194 cm³/mol. The summed E-state index contributed by atoms with van der Waals surface area (Å²) in [5.74, 6) is 0.194. The van der Waals surface area contributed by atoms with Crippen LogP contribution in [0.1, 0.15) is 61.5 Å². The van der Waals surface area contributed by atoms with E-state index in [9.17, 15) is 14.0 Å². The number of piperidine rings is 2. The first-order valence-electron chi connectivity index (χ1n) is 18.1. The maximum absolute atomic E-state index is 14.2. The fourth-order valence-corrected chi connectivity index (χ4v) is 7.77. The zero-order chi connectivity index (χ0) is 35.5. The summed E-state index contributed by atoms with van der Waals surface area (Å²) in [6.07, 6.45) is 7.29. The van der Waals surface area contributed by atoms with Crippen molar-refractivity contribution in [2.24, 2.45) is 11.3 Å². The third kappa shape index (κ3) is 7.78. The van der Waals surface area contributed by atoms with Gasteiger partial charge < -0.3 is 24.3 Å². The summed E-state index contributed by atoms with van der Waals surface area (Å²) in [5, 5.41) is 5.60. The summed E-state index contributed by atoms with van der Waals surface area (Å²) < 4.78 is 27.6. The predicted octanol–water partition coefficient (Wildman–Crippen LogP) is 6.04. The number of carbonyl (C=O) groups is 2. The molecule has 3 aliphatic rings. The highest BCUT2D eigenvalue weighted by Crippen LogP contribution is 2.42. The van der Waals surface area contributed by atoms with E-state index in [0.29, 0.717) is 59.4 Å². The van der Waals surface area contributed by atoms with E-state index in [2.05, 4.69) is 60.1 Å². The summed E-state index contributed by atoms with van der Waals surface area (Å²) in [6, 6.07) is 11.1. The van der Waals surface area contributed by atoms with Gasteiger partial charge in [-0.3, -0.25) is 20.0 Å². The van der Waals surface area contributed by atoms with Gasteiger partial charge in [0.05, 0.1) is 28.9 Å². The second-order valence-electron chi connectivity index (χ2n) is 14.4. The number of imidazole rings is 1. The largest absolute Gasteiger partial charge is 0.493 e. The number of nitrogens with one attached hydrogen (secondary N) is 2. The molecule has 3 aliphatic heterocycles. The van der Waals surface area contributed by atoms with Gasteiger partial charge in [-0.2, -0.15) is 4.39 Å². The monoisotopic (exact) mass is 698 g/mol. The number of likely N-dealkylation sites (tertiary alicyclic amines) is 1. The number of aromatic nitrogens is 4. The van der Waals surface area contributed by atoms with Crippen molar-refractivity contribution < 1.29 is 23.5 Å². The summed E-state index contributed by atoms with van der Waals surface area (Å²) in [6.45, 7) is 10.3. The first-order chi connectivity index (χ1) is 24.7. The molecule has 270 valence electrons. The van der Waals surface area contributed by atoms with Gasteiger partial charge in [0.1, 0.15) is 12.4 Å². The molecule has 7 rings (SSSR count). The first kappa shape index (κ1) is 34.7. The second kappa shape index (κ2) is 14.8. The van der Waals surface area contributed by atoms with E-state index in [0.717, 1.165) is 82.3 Å². The molecule has 12 nitrogen and oxygen atoms in total. The molecular weight excluding hydrogens is 651 g/mol. The molecule has 0 aliphatic carbocycles. The number of rotatable bonds is 4. The Morgan fingerprint density at radius 3 is 2.67 bits per heavy atom. The number of pyridine rings is 2. The normalized spacial score (nSPS) is 19.6. The van der Waals surface area contributed by atoms with E-state index >= 15 is 0 Å². The number of amides is 2. The Hall–Kier alpha value is -4.78. The summed E-state index contributed by atoms with van der Waals surface area (Å²) in [4.78, 5) is 43.5. The van der Waals surface area contributed by atoms with Gasteiger partial charge in [0.2, 0.25) is 11.9 Å². The molecule has 2 saturated heterocycles. The molecule has 2 amide bonds. The van der Waals surface area contributed by atoms with Crippen LogP contribution in [0, 0.1) is 24.2 Å². The lowest BCUT2D eigenvalue weighted by Crippen LogP contribution is -2.47. The average molecular weight is 699 g/mol. The molecule has 2 bridgehead atoms. The zero-order valence-electron chi connectivity index (χ0n) is 29.7. The minimum atomic E-state index is -0.630. The molecule has 1 atom stereocenters. The molecule has 1 spiro atoms. The van der Waals surface area contributed by atoms with Gasteiger partial charge in [0, 0.05) is 62.4 Å². The average Bonchev–Trinajstić information content (AvgIpc) is 3.46. The maximum atomic E-state index is 14.2. The van der Waals surface area contributed by atoms with Crippen molar-refractivity contribution in [3.05, 3.63) is 59.8 Å². The highest BCUT2D eigenvalue weighted by Gasteiger charge is 2.37. The van der Waals surface area contributed by atoms with Crippen molar-refractivity contribution in [1.82, 2.24) is 29.7 Å². The van der Waals surface area contributed by atoms with Crippen LogP contribution in [0.25, 0.3) is 22.3 Å². The molecule has 4 aromatic rings. The molecule has 13 heteroatoms. The van der Waals surface area contributed by atoms with Crippen molar-refractivity contribution in [2.75, 3.05) is 63.2 Å². The van der Waals surface area contributed by atoms with Crippen LogP contribution < -0.4 is 20.3 Å². The Labute approximate surface area is 297 Å². The van der Waals surface area contributed by atoms with Crippen molar-refractivity contribution in [3.63, 3.8) is 0 Å². The maximum Gasteiger partial charge on any atom is 0.406 e. The highest BCUT2D eigenvalue weighted by atomic mass is 19.1. The molecule has 0 unspecified atom stereocenters. The van der Waals surface area contributed by atoms with Crippen LogP contribution in [0.2, 0.25) is 0 Å². The van der Waals surface area contributed by atoms with Crippen LogP contribution in [0.3, 0.4) is 0 Å². The van der Waals surface area contributed by atoms with Gasteiger partial charge in [-0.15, -0.1) is 0 Å². The van der Waals surface area contributed by atoms with Gasteiger partial charge in [0.25, 0.3) is 5.91 Å². The van der Waals surface area contributed by atoms with Crippen LogP contribution in [0.15, 0.2) is 42.6 Å². The lowest BCUT2D eigenvalue weighted by atomic mass is 9.71. The smallest absolute Gasteiger partial charge is 0.406 e. The highest BCUT2D eigenvalue weighted by molar-refractivity contribution is 6.05. The van der Waals surface area contributed by atoms with Crippen molar-refractivity contribution in [2.45, 2.75) is 58.9 Å². The Balaban J connectivity index is 1.09. The quantitative estimate of drug-likeness (QED) is 0.245. The van der Waals surface area contributed by atoms with E-state index in [1.807, 2.05) is 6.92 Å². The van der Waals surface area contributed by atoms with Crippen molar-refractivity contribution in [3.8, 4) is 17.0 Å². The number of fused-ring (bicyclic) bond motifs is 7. The first-order valence-corrected chi connectivity index (χ1v) is 18.1. The molecule has 0 radical (unpaired) electrons. The number of nitrogens with zero attached hydrogens (tertiary/aromatic N) is 6. The Bertz CT molecular complexity index is 1900. The molecule has 6 heterocycles. The van der Waals surface area contributed by atoms with Crippen LogP contribution in [0.5, 0.6) is 5.75 Å². The molecule has 2 N–H and O–H groups in total. The Morgan fingerprint density at radius 1 is 1.10 bits per heavy atom. The number of hydrogen-bond acceptors (Lipinski definition) is 9. The molecule has 51 heavy (non-hydrogen) atoms.